The number of allylic oxidation sites excluding steroid dienone is 2. The third-order valence-corrected chi connectivity index (χ3v) is 4.27. The van der Waals surface area contributed by atoms with E-state index in [0.717, 1.165) is 23.7 Å². The number of ether oxygens (including phenoxy) is 3. The van der Waals surface area contributed by atoms with Crippen molar-refractivity contribution in [3.8, 4) is 0 Å². The van der Waals surface area contributed by atoms with Gasteiger partial charge in [0.15, 0.2) is 12.6 Å². The fraction of sp³-hybridized carbons (Fsp3) is 0.308. The predicted octanol–water partition coefficient (Wildman–Crippen LogP) is 5.16. The van der Waals surface area contributed by atoms with E-state index >= 15 is 0 Å². The standard InChI is InChI=1S/C26H30O5/c27-19-11-3-9-17-25(29-21-23-13-5-1-6-14-23)31-26(18-10-4-12-20-28)30-22-24-15-7-2-8-16-24/h1-2,5-10,13-20,25-26H,3-4,11-12,21-22H2. The average Bonchev–Trinajstić information content (AvgIpc) is 2.82. The van der Waals surface area contributed by atoms with Crippen LogP contribution >= 0.6 is 0 Å². The molecule has 164 valence electrons. The second-order valence-electron chi connectivity index (χ2n) is 6.81. The van der Waals surface area contributed by atoms with Gasteiger partial charge in [0.1, 0.15) is 12.6 Å². The molecule has 0 heterocycles. The van der Waals surface area contributed by atoms with E-state index in [1.165, 1.54) is 0 Å². The highest BCUT2D eigenvalue weighted by atomic mass is 16.8. The van der Waals surface area contributed by atoms with Crippen LogP contribution in [0.2, 0.25) is 0 Å². The molecule has 2 aromatic rings. The number of aldehydes is 2. The number of carbonyl (C=O) groups excluding carboxylic acids is 2. The molecule has 0 aliphatic rings. The van der Waals surface area contributed by atoms with Gasteiger partial charge >= 0.3 is 0 Å². The Hall–Kier alpha value is -2.86. The minimum atomic E-state index is -0.650. The number of hydrogen-bond donors (Lipinski definition) is 0. The zero-order chi connectivity index (χ0) is 22.0. The van der Waals surface area contributed by atoms with Crippen molar-refractivity contribution in [3.05, 3.63) is 96.1 Å². The minimum absolute atomic E-state index is 0.379. The molecule has 0 aromatic heterocycles. The quantitative estimate of drug-likeness (QED) is 0.162. The summed E-state index contributed by atoms with van der Waals surface area (Å²) in [6.45, 7) is 0.758. The van der Waals surface area contributed by atoms with Gasteiger partial charge in [0.25, 0.3) is 0 Å². The van der Waals surface area contributed by atoms with Crippen LogP contribution in [0.15, 0.2) is 85.0 Å². The van der Waals surface area contributed by atoms with Crippen molar-refractivity contribution in [2.24, 2.45) is 0 Å². The van der Waals surface area contributed by atoms with E-state index in [1.807, 2.05) is 72.8 Å². The molecule has 0 aliphatic carbocycles. The normalized spacial score (nSPS) is 13.4. The fourth-order valence-corrected chi connectivity index (χ4v) is 2.66. The third kappa shape index (κ3) is 11.2. The lowest BCUT2D eigenvalue weighted by Gasteiger charge is -2.22. The third-order valence-electron chi connectivity index (χ3n) is 4.27. The molecular formula is C26H30O5. The summed E-state index contributed by atoms with van der Waals surface area (Å²) in [4.78, 5) is 21.2. The average molecular weight is 423 g/mol. The summed E-state index contributed by atoms with van der Waals surface area (Å²) >= 11 is 0. The lowest BCUT2D eigenvalue weighted by molar-refractivity contribution is -0.215. The topological polar surface area (TPSA) is 61.8 Å². The van der Waals surface area contributed by atoms with Gasteiger partial charge in [-0.25, -0.2) is 0 Å². The number of carbonyl (C=O) groups is 2. The summed E-state index contributed by atoms with van der Waals surface area (Å²) in [5, 5.41) is 0. The Kier molecular flexibility index (Phi) is 12.5. The zero-order valence-corrected chi connectivity index (χ0v) is 17.7. The zero-order valence-electron chi connectivity index (χ0n) is 17.7. The molecule has 0 radical (unpaired) electrons. The molecule has 5 heteroatoms. The van der Waals surface area contributed by atoms with Gasteiger partial charge in [-0.15, -0.1) is 0 Å². The molecule has 0 saturated heterocycles. The maximum absolute atomic E-state index is 10.6. The van der Waals surface area contributed by atoms with Crippen molar-refractivity contribution < 1.29 is 23.8 Å². The van der Waals surface area contributed by atoms with Gasteiger partial charge in [0, 0.05) is 12.8 Å². The summed E-state index contributed by atoms with van der Waals surface area (Å²) in [5.41, 5.74) is 2.06. The molecule has 0 bridgehead atoms. The Balaban J connectivity index is 2.03. The van der Waals surface area contributed by atoms with E-state index in [-0.39, 0.29) is 0 Å². The molecule has 0 amide bonds. The van der Waals surface area contributed by atoms with E-state index in [9.17, 15) is 9.59 Å². The summed E-state index contributed by atoms with van der Waals surface area (Å²) in [5.74, 6) is 0. The van der Waals surface area contributed by atoms with Gasteiger partial charge in [-0.05, 0) is 36.1 Å². The Morgan fingerprint density at radius 3 is 1.42 bits per heavy atom. The van der Waals surface area contributed by atoms with Crippen LogP contribution in [-0.4, -0.2) is 25.2 Å². The maximum atomic E-state index is 10.6. The summed E-state index contributed by atoms with van der Waals surface area (Å²) in [6.07, 6.45) is 9.91. The summed E-state index contributed by atoms with van der Waals surface area (Å²) in [7, 11) is 0. The van der Waals surface area contributed by atoms with Crippen LogP contribution in [0.5, 0.6) is 0 Å². The van der Waals surface area contributed by atoms with Crippen LogP contribution in [0.3, 0.4) is 0 Å². The van der Waals surface area contributed by atoms with Crippen LogP contribution in [0, 0.1) is 0 Å². The molecule has 2 atom stereocenters. The van der Waals surface area contributed by atoms with Crippen molar-refractivity contribution >= 4 is 12.6 Å². The van der Waals surface area contributed by atoms with Gasteiger partial charge in [-0.1, -0.05) is 72.8 Å². The molecule has 0 saturated carbocycles. The maximum Gasteiger partial charge on any atom is 0.180 e. The predicted molar refractivity (Wildman–Crippen MR) is 120 cm³/mol. The second kappa shape index (κ2) is 15.9. The molecule has 2 aromatic carbocycles. The lowest BCUT2D eigenvalue weighted by Crippen LogP contribution is -2.24. The van der Waals surface area contributed by atoms with Gasteiger partial charge < -0.3 is 23.8 Å². The minimum Gasteiger partial charge on any atom is -0.344 e. The Labute approximate surface area is 184 Å². The highest BCUT2D eigenvalue weighted by Gasteiger charge is 2.14. The number of benzene rings is 2. The van der Waals surface area contributed by atoms with Crippen LogP contribution in [-0.2, 0) is 37.0 Å². The highest BCUT2D eigenvalue weighted by molar-refractivity contribution is 5.49. The van der Waals surface area contributed by atoms with Crippen molar-refractivity contribution in [2.45, 2.75) is 51.5 Å². The molecule has 0 fully saturated rings. The van der Waals surface area contributed by atoms with Gasteiger partial charge in [0.2, 0.25) is 0 Å². The van der Waals surface area contributed by atoms with E-state index in [1.54, 1.807) is 12.2 Å². The molecule has 31 heavy (non-hydrogen) atoms. The molecule has 0 aliphatic heterocycles. The van der Waals surface area contributed by atoms with Crippen molar-refractivity contribution in [1.82, 2.24) is 0 Å². The van der Waals surface area contributed by atoms with Crippen LogP contribution in [0.1, 0.15) is 36.8 Å². The van der Waals surface area contributed by atoms with Gasteiger partial charge in [-0.2, -0.15) is 0 Å². The first kappa shape index (κ1) is 24.4. The lowest BCUT2D eigenvalue weighted by atomic mass is 10.2. The number of rotatable bonds is 16. The van der Waals surface area contributed by atoms with Crippen molar-refractivity contribution in [3.63, 3.8) is 0 Å². The molecule has 5 nitrogen and oxygen atoms in total. The molecule has 2 rings (SSSR count). The van der Waals surface area contributed by atoms with Crippen molar-refractivity contribution in [2.75, 3.05) is 0 Å². The van der Waals surface area contributed by atoms with E-state index in [4.69, 9.17) is 14.2 Å². The molecule has 0 spiro atoms. The first-order valence-corrected chi connectivity index (χ1v) is 10.5. The first-order valence-electron chi connectivity index (χ1n) is 10.5. The molecule has 0 N–H and O–H groups in total. The van der Waals surface area contributed by atoms with Crippen LogP contribution < -0.4 is 0 Å². The first-order chi connectivity index (χ1) is 15.3. The molecular weight excluding hydrogens is 392 g/mol. The Morgan fingerprint density at radius 2 is 1.03 bits per heavy atom. The van der Waals surface area contributed by atoms with E-state index < -0.39 is 12.6 Å². The monoisotopic (exact) mass is 422 g/mol. The van der Waals surface area contributed by atoms with Gasteiger partial charge in [-0.3, -0.25) is 0 Å². The highest BCUT2D eigenvalue weighted by Crippen LogP contribution is 2.13. The van der Waals surface area contributed by atoms with Crippen molar-refractivity contribution in [1.29, 1.82) is 0 Å². The second-order valence-corrected chi connectivity index (χ2v) is 6.81. The number of unbranched alkanes of at least 4 members (excludes halogenated alkanes) is 2. The Morgan fingerprint density at radius 1 is 0.613 bits per heavy atom. The Bertz CT molecular complexity index is 718. The largest absolute Gasteiger partial charge is 0.344 e. The smallest absolute Gasteiger partial charge is 0.180 e. The summed E-state index contributed by atoms with van der Waals surface area (Å²) < 4.78 is 18.0. The fourth-order valence-electron chi connectivity index (χ4n) is 2.66. The summed E-state index contributed by atoms with van der Waals surface area (Å²) in [6, 6.07) is 19.7. The van der Waals surface area contributed by atoms with Crippen LogP contribution in [0.4, 0.5) is 0 Å². The van der Waals surface area contributed by atoms with E-state index in [0.29, 0.717) is 38.9 Å². The number of hydrogen-bond acceptors (Lipinski definition) is 5. The van der Waals surface area contributed by atoms with Gasteiger partial charge in [0.05, 0.1) is 13.2 Å². The van der Waals surface area contributed by atoms with Crippen LogP contribution in [0.25, 0.3) is 0 Å². The SMILES string of the molecule is O=CCCC=CC(OCc1ccccc1)OC(C=CCCC=O)OCc1ccccc1. The van der Waals surface area contributed by atoms with E-state index in [2.05, 4.69) is 0 Å². The molecule has 2 unspecified atom stereocenters.